The van der Waals surface area contributed by atoms with Gasteiger partial charge in [-0.15, -0.1) is 0 Å². The van der Waals surface area contributed by atoms with E-state index in [4.69, 9.17) is 10.1 Å². The van der Waals surface area contributed by atoms with Crippen molar-refractivity contribution in [3.63, 3.8) is 0 Å². The molecular formula is C38H26N4. The van der Waals surface area contributed by atoms with E-state index in [9.17, 15) is 0 Å². The predicted molar refractivity (Wildman–Crippen MR) is 172 cm³/mol. The Hall–Kier alpha value is -5.61. The van der Waals surface area contributed by atoms with Gasteiger partial charge in [-0.1, -0.05) is 121 Å². The second-order valence-electron chi connectivity index (χ2n) is 10.6. The molecular weight excluding hydrogens is 512 g/mol. The van der Waals surface area contributed by atoms with Crippen LogP contribution >= 0.6 is 0 Å². The summed E-state index contributed by atoms with van der Waals surface area (Å²) in [6, 6.07) is 48.9. The van der Waals surface area contributed by atoms with E-state index in [0.29, 0.717) is 12.4 Å². The summed E-state index contributed by atoms with van der Waals surface area (Å²) in [5, 5.41) is 11.0. The van der Waals surface area contributed by atoms with E-state index in [1.54, 1.807) is 0 Å². The normalized spacial score (nSPS) is 11.4. The number of para-hydroxylation sites is 1. The summed E-state index contributed by atoms with van der Waals surface area (Å²) in [6.45, 7) is 0.625. The summed E-state index contributed by atoms with van der Waals surface area (Å²) in [4.78, 5) is 9.75. The first-order valence-electron chi connectivity index (χ1n) is 14.1. The van der Waals surface area contributed by atoms with Crippen molar-refractivity contribution in [2.24, 2.45) is 0 Å². The molecule has 0 saturated carbocycles. The van der Waals surface area contributed by atoms with Crippen LogP contribution in [0.25, 0.3) is 66.4 Å². The third-order valence-electron chi connectivity index (χ3n) is 7.91. The number of benzene rings is 6. The number of hydrogen-bond acceptors (Lipinski definition) is 3. The molecule has 2 aromatic heterocycles. The second kappa shape index (κ2) is 10.1. The summed E-state index contributed by atoms with van der Waals surface area (Å²) in [5.41, 5.74) is 6.45. The molecule has 2 heterocycles. The molecule has 8 aromatic rings. The summed E-state index contributed by atoms with van der Waals surface area (Å²) >= 11 is 0. The molecule has 0 aliphatic heterocycles. The first kappa shape index (κ1) is 24.2. The van der Waals surface area contributed by atoms with E-state index in [-0.39, 0.29) is 0 Å². The molecule has 42 heavy (non-hydrogen) atoms. The van der Waals surface area contributed by atoms with E-state index < -0.39 is 0 Å². The Morgan fingerprint density at radius 3 is 1.95 bits per heavy atom. The Bertz CT molecular complexity index is 2220. The van der Waals surface area contributed by atoms with Crippen molar-refractivity contribution in [1.82, 2.24) is 19.7 Å². The fourth-order valence-corrected chi connectivity index (χ4v) is 5.76. The molecule has 0 fully saturated rings. The monoisotopic (exact) mass is 538 g/mol. The zero-order valence-electron chi connectivity index (χ0n) is 22.9. The van der Waals surface area contributed by atoms with Crippen LogP contribution in [0.5, 0.6) is 0 Å². The molecule has 0 aliphatic carbocycles. The van der Waals surface area contributed by atoms with Crippen molar-refractivity contribution in [3.05, 3.63) is 151 Å². The van der Waals surface area contributed by atoms with Gasteiger partial charge in [0.25, 0.3) is 0 Å². The Morgan fingerprint density at radius 1 is 0.500 bits per heavy atom. The van der Waals surface area contributed by atoms with Crippen molar-refractivity contribution in [3.8, 4) is 33.9 Å². The van der Waals surface area contributed by atoms with Gasteiger partial charge in [0.05, 0.1) is 12.1 Å². The van der Waals surface area contributed by atoms with Gasteiger partial charge in [0.15, 0.2) is 11.6 Å². The van der Waals surface area contributed by atoms with Crippen LogP contribution in [0, 0.1) is 0 Å². The van der Waals surface area contributed by atoms with Crippen LogP contribution in [0.2, 0.25) is 0 Å². The highest BCUT2D eigenvalue weighted by atomic mass is 15.3. The van der Waals surface area contributed by atoms with Crippen molar-refractivity contribution in [1.29, 1.82) is 0 Å². The van der Waals surface area contributed by atoms with Gasteiger partial charge >= 0.3 is 0 Å². The van der Waals surface area contributed by atoms with Crippen molar-refractivity contribution >= 4 is 32.4 Å². The zero-order chi connectivity index (χ0) is 27.9. The minimum Gasteiger partial charge on any atom is -0.256 e. The van der Waals surface area contributed by atoms with Crippen LogP contribution in [0.3, 0.4) is 0 Å². The highest BCUT2D eigenvalue weighted by molar-refractivity contribution is 5.93. The Labute approximate surface area is 243 Å². The van der Waals surface area contributed by atoms with Crippen LogP contribution in [0.1, 0.15) is 5.56 Å². The van der Waals surface area contributed by atoms with Gasteiger partial charge in [0.2, 0.25) is 0 Å². The summed E-state index contributed by atoms with van der Waals surface area (Å²) in [5.74, 6) is 1.56. The summed E-state index contributed by atoms with van der Waals surface area (Å²) < 4.78 is 2.03. The third kappa shape index (κ3) is 4.40. The van der Waals surface area contributed by atoms with Crippen LogP contribution < -0.4 is 0 Å². The quantitative estimate of drug-likeness (QED) is 0.219. The molecule has 0 N–H and O–H groups in total. The van der Waals surface area contributed by atoms with Crippen molar-refractivity contribution in [2.45, 2.75) is 6.54 Å². The van der Waals surface area contributed by atoms with Crippen molar-refractivity contribution in [2.75, 3.05) is 0 Å². The average Bonchev–Trinajstić information content (AvgIpc) is 3.48. The summed E-state index contributed by atoms with van der Waals surface area (Å²) in [6.07, 6.45) is 1.85. The first-order valence-corrected chi connectivity index (χ1v) is 14.1. The highest BCUT2D eigenvalue weighted by Crippen LogP contribution is 2.31. The molecule has 0 bridgehead atoms. The molecule has 8 rings (SSSR count). The van der Waals surface area contributed by atoms with Crippen molar-refractivity contribution < 1.29 is 0 Å². The number of pyridine rings is 1. The molecule has 0 saturated heterocycles. The van der Waals surface area contributed by atoms with E-state index in [1.807, 2.05) is 16.9 Å². The fraction of sp³-hybridized carbons (Fsp3) is 0.0263. The minimum absolute atomic E-state index is 0.625. The minimum atomic E-state index is 0.625. The fourth-order valence-electron chi connectivity index (χ4n) is 5.76. The summed E-state index contributed by atoms with van der Waals surface area (Å²) in [7, 11) is 0. The number of hydrogen-bond donors (Lipinski definition) is 0. The second-order valence-corrected chi connectivity index (χ2v) is 10.6. The van der Waals surface area contributed by atoms with Gasteiger partial charge in [-0.2, -0.15) is 5.10 Å². The van der Waals surface area contributed by atoms with Gasteiger partial charge in [-0.3, -0.25) is 4.98 Å². The smallest absolute Gasteiger partial charge is 0.181 e. The van der Waals surface area contributed by atoms with Crippen LogP contribution in [0.15, 0.2) is 146 Å². The third-order valence-corrected chi connectivity index (χ3v) is 7.91. The maximum Gasteiger partial charge on any atom is 0.181 e. The van der Waals surface area contributed by atoms with Crippen LogP contribution in [0.4, 0.5) is 0 Å². The molecule has 0 atom stereocenters. The average molecular weight is 539 g/mol. The zero-order valence-corrected chi connectivity index (χ0v) is 22.9. The molecule has 6 aromatic carbocycles. The predicted octanol–water partition coefficient (Wildman–Crippen LogP) is 9.18. The number of fused-ring (bicyclic) bond motifs is 3. The number of rotatable bonds is 5. The van der Waals surface area contributed by atoms with Gasteiger partial charge in [0.1, 0.15) is 0 Å². The Balaban J connectivity index is 1.21. The van der Waals surface area contributed by atoms with E-state index >= 15 is 0 Å². The van der Waals surface area contributed by atoms with Gasteiger partial charge in [-0.25, -0.2) is 9.67 Å². The van der Waals surface area contributed by atoms with Crippen LogP contribution in [-0.2, 0) is 6.54 Å². The lowest BCUT2D eigenvalue weighted by Gasteiger charge is -2.08. The van der Waals surface area contributed by atoms with Gasteiger partial charge in [-0.05, 0) is 50.9 Å². The molecule has 0 aliphatic rings. The SMILES string of the molecule is c1ccc2cc(Cn3nc(-c4ccc(-c5cccc6cccnc56)cc4)nc3-c3ccc4ccccc4c3)ccc2c1. The lowest BCUT2D eigenvalue weighted by Crippen LogP contribution is -2.04. The molecule has 0 unspecified atom stereocenters. The number of nitrogens with zero attached hydrogens (tertiary/aromatic N) is 4. The van der Waals surface area contributed by atoms with E-state index in [1.165, 1.54) is 27.1 Å². The standard InChI is InChI=1S/C38H26N4/c1-3-9-32-23-26(14-15-27(32)7-1)25-42-38(34-21-16-28-8-2-4-10-33(28)24-34)40-37(41-42)31-19-17-29(18-20-31)35-13-5-11-30-12-6-22-39-36(30)35/h1-24H,25H2. The van der Waals surface area contributed by atoms with Crippen LogP contribution in [-0.4, -0.2) is 19.7 Å². The maximum atomic E-state index is 5.11. The maximum absolute atomic E-state index is 5.11. The molecule has 0 radical (unpaired) electrons. The largest absolute Gasteiger partial charge is 0.256 e. The van der Waals surface area contributed by atoms with Gasteiger partial charge in [0, 0.05) is 28.3 Å². The molecule has 4 heteroatoms. The Kier molecular flexibility index (Phi) is 5.82. The van der Waals surface area contributed by atoms with E-state index in [0.717, 1.165) is 39.0 Å². The lowest BCUT2D eigenvalue weighted by atomic mass is 10.0. The molecule has 198 valence electrons. The lowest BCUT2D eigenvalue weighted by molar-refractivity contribution is 0.696. The van der Waals surface area contributed by atoms with Gasteiger partial charge < -0.3 is 0 Å². The van der Waals surface area contributed by atoms with E-state index in [2.05, 4.69) is 138 Å². The number of aromatic nitrogens is 4. The highest BCUT2D eigenvalue weighted by Gasteiger charge is 2.15. The molecule has 0 spiro atoms. The Morgan fingerprint density at radius 2 is 1.14 bits per heavy atom. The topological polar surface area (TPSA) is 43.6 Å². The first-order chi connectivity index (χ1) is 20.8. The molecule has 0 amide bonds. The molecule has 4 nitrogen and oxygen atoms in total.